The SMILES string of the molecule is N#Cc1ccc(-c2csc(N3C(=O)OC[C@H]3C(F)C(F)F)n2)cc1. The molecule has 2 aromatic rings. The third-order valence-electron chi connectivity index (χ3n) is 3.52. The molecule has 9 heteroatoms. The van der Waals surface area contributed by atoms with E-state index >= 15 is 0 Å². The van der Waals surface area contributed by atoms with Crippen LogP contribution in [-0.2, 0) is 4.74 Å². The molecule has 1 unspecified atom stereocenters. The minimum atomic E-state index is -3.22. The standard InChI is InChI=1S/C15H10F3N3O2S/c16-12(13(17)18)11-6-23-15(22)21(11)14-20-10(7-24-14)9-3-1-8(5-19)2-4-9/h1-4,7,11-13H,6H2/t11-,12?/m0/s1. The summed E-state index contributed by atoms with van der Waals surface area (Å²) in [5.41, 5.74) is 1.66. The number of halogens is 3. The summed E-state index contributed by atoms with van der Waals surface area (Å²) in [7, 11) is 0. The lowest BCUT2D eigenvalue weighted by Gasteiger charge is -2.21. The van der Waals surface area contributed by atoms with Gasteiger partial charge >= 0.3 is 6.09 Å². The van der Waals surface area contributed by atoms with Gasteiger partial charge in [0.1, 0.15) is 12.6 Å². The minimum absolute atomic E-state index is 0.0881. The van der Waals surface area contributed by atoms with E-state index in [0.717, 1.165) is 16.2 Å². The lowest BCUT2D eigenvalue weighted by Crippen LogP contribution is -2.43. The number of benzene rings is 1. The zero-order chi connectivity index (χ0) is 17.3. The zero-order valence-electron chi connectivity index (χ0n) is 12.0. The molecule has 1 amide bonds. The molecule has 3 rings (SSSR count). The molecule has 1 aliphatic rings. The van der Waals surface area contributed by atoms with Gasteiger partial charge in [-0.25, -0.2) is 27.8 Å². The van der Waals surface area contributed by atoms with E-state index in [1.807, 2.05) is 6.07 Å². The van der Waals surface area contributed by atoms with Crippen molar-refractivity contribution in [3.05, 3.63) is 35.2 Å². The molecule has 1 aliphatic heterocycles. The first kappa shape index (κ1) is 16.3. The molecule has 24 heavy (non-hydrogen) atoms. The highest BCUT2D eigenvalue weighted by molar-refractivity contribution is 7.14. The van der Waals surface area contributed by atoms with E-state index in [4.69, 9.17) is 10.00 Å². The third-order valence-corrected chi connectivity index (χ3v) is 4.36. The highest BCUT2D eigenvalue weighted by atomic mass is 32.1. The number of aromatic nitrogens is 1. The zero-order valence-corrected chi connectivity index (χ0v) is 12.8. The molecule has 0 saturated carbocycles. The minimum Gasteiger partial charge on any atom is -0.447 e. The fourth-order valence-electron chi connectivity index (χ4n) is 2.28. The van der Waals surface area contributed by atoms with Crippen LogP contribution >= 0.6 is 11.3 Å². The van der Waals surface area contributed by atoms with Crippen LogP contribution in [0.5, 0.6) is 0 Å². The molecular formula is C15H10F3N3O2S. The molecule has 1 aromatic carbocycles. The van der Waals surface area contributed by atoms with Crippen LogP contribution in [0.15, 0.2) is 29.6 Å². The van der Waals surface area contributed by atoms with Gasteiger partial charge in [0.15, 0.2) is 11.3 Å². The van der Waals surface area contributed by atoms with Crippen molar-refractivity contribution in [2.45, 2.75) is 18.6 Å². The topological polar surface area (TPSA) is 66.2 Å². The molecule has 2 atom stereocenters. The fraction of sp³-hybridized carbons (Fsp3) is 0.267. The van der Waals surface area contributed by atoms with Crippen molar-refractivity contribution in [3.63, 3.8) is 0 Å². The average molecular weight is 353 g/mol. The molecule has 0 spiro atoms. The van der Waals surface area contributed by atoms with Crippen molar-refractivity contribution >= 4 is 22.6 Å². The number of thiazole rings is 1. The van der Waals surface area contributed by atoms with Crippen molar-refractivity contribution in [2.24, 2.45) is 0 Å². The summed E-state index contributed by atoms with van der Waals surface area (Å²) in [6.45, 7) is -0.448. The normalized spacial score (nSPS) is 18.5. The molecule has 5 nitrogen and oxygen atoms in total. The number of alkyl halides is 3. The number of amides is 1. The highest BCUT2D eigenvalue weighted by Crippen LogP contribution is 2.33. The predicted molar refractivity (Wildman–Crippen MR) is 80.8 cm³/mol. The number of hydrogen-bond donors (Lipinski definition) is 0. The number of carbonyl (C=O) groups excluding carboxylic acids is 1. The summed E-state index contributed by atoms with van der Waals surface area (Å²) in [5, 5.41) is 10.5. The monoisotopic (exact) mass is 353 g/mol. The van der Waals surface area contributed by atoms with Crippen molar-refractivity contribution < 1.29 is 22.7 Å². The number of cyclic esters (lactones) is 1. The van der Waals surface area contributed by atoms with Crippen LogP contribution in [0.3, 0.4) is 0 Å². The highest BCUT2D eigenvalue weighted by Gasteiger charge is 2.44. The average Bonchev–Trinajstić information content (AvgIpc) is 3.20. The van der Waals surface area contributed by atoms with Gasteiger partial charge in [-0.2, -0.15) is 5.26 Å². The van der Waals surface area contributed by atoms with Gasteiger partial charge < -0.3 is 4.74 Å². The molecule has 0 N–H and O–H groups in total. The fourth-order valence-corrected chi connectivity index (χ4v) is 3.16. The quantitative estimate of drug-likeness (QED) is 0.842. The van der Waals surface area contributed by atoms with Gasteiger partial charge in [-0.3, -0.25) is 0 Å². The molecule has 2 heterocycles. The number of hydrogen-bond acceptors (Lipinski definition) is 5. The maximum absolute atomic E-state index is 13.7. The van der Waals surface area contributed by atoms with E-state index < -0.39 is 31.3 Å². The lowest BCUT2D eigenvalue weighted by molar-refractivity contribution is 0.0328. The Morgan fingerprint density at radius 3 is 2.67 bits per heavy atom. The Labute approximate surface area is 138 Å². The molecule has 0 aliphatic carbocycles. The molecule has 0 bridgehead atoms. The Balaban J connectivity index is 1.88. The van der Waals surface area contributed by atoms with Gasteiger partial charge in [0.2, 0.25) is 0 Å². The molecule has 0 radical (unpaired) electrons. The van der Waals surface area contributed by atoms with Crippen LogP contribution in [0.25, 0.3) is 11.3 Å². The van der Waals surface area contributed by atoms with Gasteiger partial charge in [-0.1, -0.05) is 12.1 Å². The van der Waals surface area contributed by atoms with Crippen LogP contribution < -0.4 is 4.90 Å². The second kappa shape index (κ2) is 6.49. The van der Waals surface area contributed by atoms with Crippen molar-refractivity contribution in [1.82, 2.24) is 4.98 Å². The second-order valence-corrected chi connectivity index (χ2v) is 5.83. The van der Waals surface area contributed by atoms with Gasteiger partial charge in [0.05, 0.1) is 17.3 Å². The van der Waals surface area contributed by atoms with Crippen LogP contribution in [-0.4, -0.2) is 36.3 Å². The summed E-state index contributed by atoms with van der Waals surface area (Å²) in [6.07, 6.45) is -6.63. The van der Waals surface area contributed by atoms with Gasteiger partial charge in [0, 0.05) is 10.9 Å². The first-order chi connectivity index (χ1) is 11.5. The lowest BCUT2D eigenvalue weighted by atomic mass is 10.1. The van der Waals surface area contributed by atoms with Crippen molar-refractivity contribution in [1.29, 1.82) is 5.26 Å². The maximum atomic E-state index is 13.7. The molecule has 124 valence electrons. The molecule has 1 aromatic heterocycles. The largest absolute Gasteiger partial charge is 0.447 e. The maximum Gasteiger partial charge on any atom is 0.416 e. The Kier molecular flexibility index (Phi) is 4.40. The van der Waals surface area contributed by atoms with Gasteiger partial charge in [0.25, 0.3) is 6.43 Å². The van der Waals surface area contributed by atoms with Crippen LogP contribution in [0, 0.1) is 11.3 Å². The van der Waals surface area contributed by atoms with E-state index in [0.29, 0.717) is 16.8 Å². The van der Waals surface area contributed by atoms with Gasteiger partial charge in [-0.05, 0) is 12.1 Å². The van der Waals surface area contributed by atoms with Crippen molar-refractivity contribution in [2.75, 3.05) is 11.5 Å². The number of nitriles is 1. The Bertz CT molecular complexity index is 788. The van der Waals surface area contributed by atoms with Crippen LogP contribution in [0.1, 0.15) is 5.56 Å². The number of carbonyl (C=O) groups is 1. The Morgan fingerprint density at radius 1 is 1.33 bits per heavy atom. The number of anilines is 1. The third kappa shape index (κ3) is 2.92. The smallest absolute Gasteiger partial charge is 0.416 e. The summed E-state index contributed by atoms with van der Waals surface area (Å²) in [4.78, 5) is 16.8. The van der Waals surface area contributed by atoms with Crippen molar-refractivity contribution in [3.8, 4) is 17.3 Å². The van der Waals surface area contributed by atoms with Gasteiger partial charge in [-0.15, -0.1) is 11.3 Å². The van der Waals surface area contributed by atoms with E-state index in [1.165, 1.54) is 0 Å². The summed E-state index contributed by atoms with van der Waals surface area (Å²) >= 11 is 1.03. The van der Waals surface area contributed by atoms with E-state index in [-0.39, 0.29) is 5.13 Å². The summed E-state index contributed by atoms with van der Waals surface area (Å²) < 4.78 is 43.6. The number of ether oxygens (including phenoxy) is 1. The number of nitrogens with zero attached hydrogens (tertiary/aromatic N) is 3. The van der Waals surface area contributed by atoms with E-state index in [9.17, 15) is 18.0 Å². The molecular weight excluding hydrogens is 343 g/mol. The number of rotatable bonds is 4. The molecule has 1 fully saturated rings. The summed E-state index contributed by atoms with van der Waals surface area (Å²) in [5.74, 6) is 0. The Hall–Kier alpha value is -2.60. The predicted octanol–water partition coefficient (Wildman–Crippen LogP) is 3.61. The molecule has 1 saturated heterocycles. The van der Waals surface area contributed by atoms with E-state index in [2.05, 4.69) is 4.98 Å². The van der Waals surface area contributed by atoms with Crippen LogP contribution in [0.4, 0.5) is 23.1 Å². The Morgan fingerprint density at radius 2 is 2.04 bits per heavy atom. The second-order valence-electron chi connectivity index (χ2n) is 5.00. The van der Waals surface area contributed by atoms with Crippen LogP contribution in [0.2, 0.25) is 0 Å². The summed E-state index contributed by atoms with van der Waals surface area (Å²) in [6, 6.07) is 7.15. The first-order valence-electron chi connectivity index (χ1n) is 6.85. The van der Waals surface area contributed by atoms with E-state index in [1.54, 1.807) is 29.6 Å². The first-order valence-corrected chi connectivity index (χ1v) is 7.73.